The Morgan fingerprint density at radius 1 is 1.16 bits per heavy atom. The Bertz CT molecular complexity index is 1070. The normalized spacial score (nSPS) is 15.8. The molecule has 4 N–H and O–H groups in total. The highest BCUT2D eigenvalue weighted by atomic mass is 32.2. The van der Waals surface area contributed by atoms with Crippen molar-refractivity contribution in [3.8, 4) is 0 Å². The largest absolute Gasteiger partial charge is 0.522 e. The minimum atomic E-state index is -4.63. The predicted octanol–water partition coefficient (Wildman–Crippen LogP) is 4.43. The van der Waals surface area contributed by atoms with E-state index in [-0.39, 0.29) is 22.8 Å². The molecule has 0 bridgehead atoms. The van der Waals surface area contributed by atoms with Crippen LogP contribution in [0.25, 0.3) is 10.9 Å². The Morgan fingerprint density at radius 3 is 2.54 bits per heavy atom. The number of hydrogen-bond donors (Lipinski definition) is 4. The van der Waals surface area contributed by atoms with E-state index in [0.717, 1.165) is 41.1 Å². The van der Waals surface area contributed by atoms with Crippen LogP contribution in [0.15, 0.2) is 30.5 Å². The van der Waals surface area contributed by atoms with Crippen molar-refractivity contribution in [2.75, 3.05) is 39.3 Å². The summed E-state index contributed by atoms with van der Waals surface area (Å²) in [5, 5.41) is 20.5. The number of nitrogens with zero attached hydrogens (tertiary/aromatic N) is 2. The summed E-state index contributed by atoms with van der Waals surface area (Å²) in [7, 11) is 0. The number of carbonyl (C=O) groups excluding carboxylic acids is 1. The maximum absolute atomic E-state index is 12.9. The molecule has 1 saturated heterocycles. The van der Waals surface area contributed by atoms with Crippen molar-refractivity contribution in [2.45, 2.75) is 45.5 Å². The van der Waals surface area contributed by atoms with E-state index in [1.807, 2.05) is 35.4 Å². The van der Waals surface area contributed by atoms with Gasteiger partial charge in [0.05, 0.1) is 6.61 Å². The average Bonchev–Trinajstić information content (AvgIpc) is 3.24. The number of piperazine rings is 1. The highest BCUT2D eigenvalue weighted by Crippen LogP contribution is 2.21. The summed E-state index contributed by atoms with van der Waals surface area (Å²) in [6.07, 6.45) is -0.327. The first-order chi connectivity index (χ1) is 17.5. The number of alkyl halides is 3. The molecule has 2 heterocycles. The van der Waals surface area contributed by atoms with Crippen molar-refractivity contribution < 1.29 is 22.7 Å². The van der Waals surface area contributed by atoms with Crippen LogP contribution in [0, 0.1) is 16.7 Å². The lowest BCUT2D eigenvalue weighted by molar-refractivity contribution is -0.325. The quantitative estimate of drug-likeness (QED) is 0.278. The van der Waals surface area contributed by atoms with Gasteiger partial charge in [-0.3, -0.25) is 25.2 Å². The lowest BCUT2D eigenvalue weighted by Gasteiger charge is -2.35. The van der Waals surface area contributed by atoms with Crippen LogP contribution in [-0.4, -0.2) is 82.6 Å². The van der Waals surface area contributed by atoms with E-state index in [0.29, 0.717) is 38.5 Å². The first-order valence-electron chi connectivity index (χ1n) is 12.4. The van der Waals surface area contributed by atoms with Gasteiger partial charge in [0.15, 0.2) is 10.2 Å². The minimum Gasteiger partial charge on any atom is -0.361 e. The van der Waals surface area contributed by atoms with Crippen LogP contribution < -0.4 is 5.32 Å². The van der Waals surface area contributed by atoms with E-state index in [1.54, 1.807) is 4.90 Å². The number of aromatic nitrogens is 1. The Morgan fingerprint density at radius 2 is 1.86 bits per heavy atom. The fourth-order valence-electron chi connectivity index (χ4n) is 4.25. The number of carbonyl (C=O) groups is 1. The highest BCUT2D eigenvalue weighted by molar-refractivity contribution is 8.27. The van der Waals surface area contributed by atoms with Crippen molar-refractivity contribution in [3.63, 3.8) is 0 Å². The number of amidine groups is 1. The van der Waals surface area contributed by atoms with E-state index in [2.05, 4.69) is 28.9 Å². The topological polar surface area (TPSA) is 108 Å². The van der Waals surface area contributed by atoms with E-state index in [4.69, 9.17) is 10.8 Å². The molecule has 37 heavy (non-hydrogen) atoms. The summed E-state index contributed by atoms with van der Waals surface area (Å²) >= 11 is 0.796. The highest BCUT2D eigenvalue weighted by Gasteiger charge is 2.29. The molecule has 1 aromatic heterocycles. The van der Waals surface area contributed by atoms with Gasteiger partial charge in [-0.25, -0.2) is 0 Å². The summed E-state index contributed by atoms with van der Waals surface area (Å²) in [4.78, 5) is 19.7. The van der Waals surface area contributed by atoms with Crippen molar-refractivity contribution >= 4 is 38.8 Å². The number of benzene rings is 1. The number of nitrogens with one attached hydrogen (secondary N) is 4. The van der Waals surface area contributed by atoms with Crippen molar-refractivity contribution in [1.29, 1.82) is 10.8 Å². The lowest BCUT2D eigenvalue weighted by atomic mass is 9.97. The van der Waals surface area contributed by atoms with Gasteiger partial charge >= 0.3 is 6.36 Å². The molecule has 0 spiro atoms. The van der Waals surface area contributed by atoms with Crippen LogP contribution in [0.1, 0.15) is 32.3 Å². The molecule has 0 aliphatic carbocycles. The zero-order valence-corrected chi connectivity index (χ0v) is 22.0. The van der Waals surface area contributed by atoms with Crippen LogP contribution in [0.3, 0.4) is 0 Å². The van der Waals surface area contributed by atoms with Gasteiger partial charge in [-0.2, -0.15) is 0 Å². The second-order valence-electron chi connectivity index (χ2n) is 9.56. The van der Waals surface area contributed by atoms with E-state index < -0.39 is 18.9 Å². The molecule has 1 amide bonds. The third kappa shape index (κ3) is 9.35. The van der Waals surface area contributed by atoms with Crippen LogP contribution in [-0.2, 0) is 16.0 Å². The molecule has 1 aliphatic heterocycles. The molecule has 2 aromatic rings. The molecule has 204 valence electrons. The van der Waals surface area contributed by atoms with Gasteiger partial charge in [-0.15, -0.1) is 13.2 Å². The SMILES string of the molecule is CC(C)CCC(Cc1c[nH]c2ccccc12)NC(=O)C(=N)SC(=N)N1CCN(CCOC(F)(F)F)CC1. The summed E-state index contributed by atoms with van der Waals surface area (Å²) < 4.78 is 40.3. The summed E-state index contributed by atoms with van der Waals surface area (Å²) in [5.41, 5.74) is 2.14. The van der Waals surface area contributed by atoms with E-state index in [1.165, 1.54) is 0 Å². The number of halogens is 3. The molecular weight excluding hydrogens is 505 g/mol. The maximum Gasteiger partial charge on any atom is 0.522 e. The second-order valence-corrected chi connectivity index (χ2v) is 10.6. The number of rotatable bonds is 9. The first kappa shape index (κ1) is 29.0. The molecule has 0 radical (unpaired) electrons. The number of fused-ring (bicyclic) bond motifs is 1. The Hall–Kier alpha value is -2.57. The van der Waals surface area contributed by atoms with Gasteiger partial charge < -0.3 is 15.2 Å². The number of amides is 1. The van der Waals surface area contributed by atoms with Gasteiger partial charge in [-0.05, 0) is 48.6 Å². The molecular formula is C25H35F3N6O2S. The van der Waals surface area contributed by atoms with E-state index >= 15 is 0 Å². The third-order valence-corrected chi connectivity index (χ3v) is 7.15. The molecule has 1 atom stereocenters. The van der Waals surface area contributed by atoms with Crippen molar-refractivity contribution in [2.24, 2.45) is 5.92 Å². The Labute approximate surface area is 219 Å². The van der Waals surface area contributed by atoms with Gasteiger partial charge in [0.25, 0.3) is 5.91 Å². The number of para-hydroxylation sites is 1. The third-order valence-electron chi connectivity index (χ3n) is 6.31. The number of ether oxygens (including phenoxy) is 1. The van der Waals surface area contributed by atoms with Crippen LogP contribution in [0.4, 0.5) is 13.2 Å². The van der Waals surface area contributed by atoms with Gasteiger partial charge in [0, 0.05) is 55.9 Å². The monoisotopic (exact) mass is 540 g/mol. The Kier molecular flexibility index (Phi) is 10.4. The number of aromatic amines is 1. The molecule has 12 heteroatoms. The predicted molar refractivity (Wildman–Crippen MR) is 141 cm³/mol. The molecule has 1 unspecified atom stereocenters. The summed E-state index contributed by atoms with van der Waals surface area (Å²) in [6, 6.07) is 7.86. The van der Waals surface area contributed by atoms with Crippen molar-refractivity contribution in [1.82, 2.24) is 20.1 Å². The number of thioether (sulfide) groups is 1. The zero-order chi connectivity index (χ0) is 27.0. The van der Waals surface area contributed by atoms with Crippen LogP contribution >= 0.6 is 11.8 Å². The van der Waals surface area contributed by atoms with Crippen LogP contribution in [0.5, 0.6) is 0 Å². The van der Waals surface area contributed by atoms with E-state index in [9.17, 15) is 18.0 Å². The molecule has 3 rings (SSSR count). The summed E-state index contributed by atoms with van der Waals surface area (Å²) in [6.45, 7) is 5.81. The maximum atomic E-state index is 12.9. The lowest BCUT2D eigenvalue weighted by Crippen LogP contribution is -2.49. The van der Waals surface area contributed by atoms with Crippen molar-refractivity contribution in [3.05, 3.63) is 36.0 Å². The van der Waals surface area contributed by atoms with Crippen LogP contribution in [0.2, 0.25) is 0 Å². The van der Waals surface area contributed by atoms with Gasteiger partial charge in [0.1, 0.15) is 0 Å². The molecule has 0 saturated carbocycles. The molecule has 8 nitrogen and oxygen atoms in total. The fraction of sp³-hybridized carbons (Fsp3) is 0.560. The molecule has 1 aliphatic rings. The number of hydrogen-bond acceptors (Lipinski definition) is 6. The minimum absolute atomic E-state index is 0.0849. The van der Waals surface area contributed by atoms with Gasteiger partial charge in [-0.1, -0.05) is 32.0 Å². The smallest absolute Gasteiger partial charge is 0.361 e. The fourth-order valence-corrected chi connectivity index (χ4v) is 4.91. The molecule has 1 fully saturated rings. The van der Waals surface area contributed by atoms with Gasteiger partial charge in [0.2, 0.25) is 0 Å². The Balaban J connectivity index is 1.49. The second kappa shape index (κ2) is 13.3. The average molecular weight is 541 g/mol. The first-order valence-corrected chi connectivity index (χ1v) is 13.2. The summed E-state index contributed by atoms with van der Waals surface area (Å²) in [5.74, 6) is -0.0330. The standard InChI is InChI=1S/C25H35F3N6O2S/c1-17(2)7-8-19(15-18-16-31-21-6-4-3-5-20(18)21)32-23(35)22(29)37-24(30)34-11-9-33(10-12-34)13-14-36-25(26,27)28/h3-6,16-17,19,29-31H,7-15H2,1-2H3,(H,32,35). The molecule has 1 aromatic carbocycles. The zero-order valence-electron chi connectivity index (χ0n) is 21.2. The number of H-pyrrole nitrogens is 1.